The quantitative estimate of drug-likeness (QED) is 0.641. The van der Waals surface area contributed by atoms with Crippen LogP contribution in [0.4, 0.5) is 5.82 Å². The normalized spacial score (nSPS) is 10.0. The van der Waals surface area contributed by atoms with E-state index in [0.717, 1.165) is 5.56 Å². The van der Waals surface area contributed by atoms with Gasteiger partial charge >= 0.3 is 0 Å². The second-order valence-electron chi connectivity index (χ2n) is 4.59. The minimum absolute atomic E-state index is 0.144. The molecule has 5 nitrogen and oxygen atoms in total. The lowest BCUT2D eigenvalue weighted by atomic mass is 10.1. The van der Waals surface area contributed by atoms with E-state index in [9.17, 15) is 4.79 Å². The molecule has 0 atom stereocenters. The van der Waals surface area contributed by atoms with E-state index in [0.29, 0.717) is 30.0 Å². The number of halogens is 1. The summed E-state index contributed by atoms with van der Waals surface area (Å²) in [6.07, 6.45) is 0.652. The van der Waals surface area contributed by atoms with Gasteiger partial charge < -0.3 is 4.90 Å². The molecular weight excluding hydrogens is 288 g/mol. The molecule has 6 heteroatoms. The zero-order valence-corrected chi connectivity index (χ0v) is 12.4. The van der Waals surface area contributed by atoms with E-state index < -0.39 is 0 Å². The molecule has 1 aromatic heterocycles. The van der Waals surface area contributed by atoms with E-state index in [2.05, 4.69) is 16.0 Å². The van der Waals surface area contributed by atoms with E-state index in [1.165, 1.54) is 0 Å². The van der Waals surface area contributed by atoms with Crippen molar-refractivity contribution in [3.8, 4) is 6.07 Å². The van der Waals surface area contributed by atoms with Gasteiger partial charge in [0, 0.05) is 13.6 Å². The summed E-state index contributed by atoms with van der Waals surface area (Å²) in [4.78, 5) is 21.2. The van der Waals surface area contributed by atoms with Crippen LogP contribution < -0.4 is 4.90 Å². The highest BCUT2D eigenvalue weighted by molar-refractivity contribution is 6.32. The van der Waals surface area contributed by atoms with Crippen LogP contribution in [0.3, 0.4) is 0 Å². The second-order valence-corrected chi connectivity index (χ2v) is 4.94. The number of hydrogen-bond acceptors (Lipinski definition) is 5. The Balaban J connectivity index is 2.34. The molecule has 0 spiro atoms. The Morgan fingerprint density at radius 1 is 1.43 bits per heavy atom. The van der Waals surface area contributed by atoms with Gasteiger partial charge in [-0.05, 0) is 24.6 Å². The number of anilines is 1. The molecule has 21 heavy (non-hydrogen) atoms. The van der Waals surface area contributed by atoms with E-state index in [1.54, 1.807) is 24.0 Å². The smallest absolute Gasteiger partial charge is 0.156 e. The van der Waals surface area contributed by atoms with Crippen molar-refractivity contribution in [2.24, 2.45) is 0 Å². The predicted molar refractivity (Wildman–Crippen MR) is 80.4 cm³/mol. The monoisotopic (exact) mass is 300 g/mol. The van der Waals surface area contributed by atoms with Gasteiger partial charge in [-0.25, -0.2) is 9.97 Å². The summed E-state index contributed by atoms with van der Waals surface area (Å²) < 4.78 is 0. The SMILES string of the molecule is Cc1nc(Cl)c(C=O)c(N(C)Cc2cccc(C#N)c2)n1. The zero-order chi connectivity index (χ0) is 15.4. The lowest BCUT2D eigenvalue weighted by molar-refractivity contribution is 0.112. The molecule has 0 amide bonds. The van der Waals surface area contributed by atoms with Crippen molar-refractivity contribution < 1.29 is 4.79 Å². The van der Waals surface area contributed by atoms with Crippen LogP contribution in [-0.2, 0) is 6.54 Å². The molecule has 106 valence electrons. The van der Waals surface area contributed by atoms with Crippen molar-refractivity contribution in [1.29, 1.82) is 5.26 Å². The Morgan fingerprint density at radius 2 is 2.19 bits per heavy atom. The number of nitrogens with zero attached hydrogens (tertiary/aromatic N) is 4. The van der Waals surface area contributed by atoms with Crippen LogP contribution >= 0.6 is 11.6 Å². The van der Waals surface area contributed by atoms with Crippen molar-refractivity contribution in [2.45, 2.75) is 13.5 Å². The third kappa shape index (κ3) is 3.36. The summed E-state index contributed by atoms with van der Waals surface area (Å²) in [5.74, 6) is 0.975. The molecule has 2 aromatic rings. The Kier molecular flexibility index (Phi) is 4.51. The Hall–Kier alpha value is -2.45. The molecule has 0 aliphatic rings. The molecule has 2 rings (SSSR count). The number of hydrogen-bond donors (Lipinski definition) is 0. The van der Waals surface area contributed by atoms with Gasteiger partial charge in [-0.1, -0.05) is 23.7 Å². The summed E-state index contributed by atoms with van der Waals surface area (Å²) in [7, 11) is 1.81. The van der Waals surface area contributed by atoms with Gasteiger partial charge in [-0.2, -0.15) is 5.26 Å². The van der Waals surface area contributed by atoms with Gasteiger partial charge in [0.2, 0.25) is 0 Å². The van der Waals surface area contributed by atoms with Crippen molar-refractivity contribution in [1.82, 2.24) is 9.97 Å². The number of carbonyl (C=O) groups excluding carboxylic acids is 1. The topological polar surface area (TPSA) is 69.9 Å². The maximum atomic E-state index is 11.2. The van der Waals surface area contributed by atoms with Crippen LogP contribution in [0.5, 0.6) is 0 Å². The maximum Gasteiger partial charge on any atom is 0.156 e. The fourth-order valence-electron chi connectivity index (χ4n) is 2.01. The third-order valence-electron chi connectivity index (χ3n) is 2.95. The molecule has 1 aromatic carbocycles. The van der Waals surface area contributed by atoms with Crippen LogP contribution in [0, 0.1) is 18.3 Å². The minimum atomic E-state index is 0.144. The molecule has 0 N–H and O–H groups in total. The summed E-state index contributed by atoms with van der Waals surface area (Å²) in [5, 5.41) is 9.06. The summed E-state index contributed by atoms with van der Waals surface area (Å²) >= 11 is 5.98. The number of aryl methyl sites for hydroxylation is 1. The first-order valence-corrected chi connectivity index (χ1v) is 6.62. The van der Waals surface area contributed by atoms with Crippen molar-refractivity contribution in [2.75, 3.05) is 11.9 Å². The Bertz CT molecular complexity index is 724. The highest BCUT2D eigenvalue weighted by atomic mass is 35.5. The molecule has 0 saturated carbocycles. The molecule has 0 radical (unpaired) electrons. The van der Waals surface area contributed by atoms with E-state index in [1.807, 2.05) is 19.2 Å². The molecule has 0 aliphatic heterocycles. The van der Waals surface area contributed by atoms with Crippen LogP contribution in [0.1, 0.15) is 27.3 Å². The molecule has 0 aliphatic carbocycles. The summed E-state index contributed by atoms with van der Waals surface area (Å²) in [6, 6.07) is 9.37. The average molecular weight is 301 g/mol. The van der Waals surface area contributed by atoms with Gasteiger partial charge in [0.05, 0.1) is 17.2 Å². The first-order chi connectivity index (χ1) is 10.0. The van der Waals surface area contributed by atoms with Crippen molar-refractivity contribution in [3.05, 3.63) is 51.9 Å². The molecule has 0 saturated heterocycles. The largest absolute Gasteiger partial charge is 0.355 e. The van der Waals surface area contributed by atoms with Gasteiger partial charge in [0.15, 0.2) is 6.29 Å². The van der Waals surface area contributed by atoms with Crippen LogP contribution in [0.15, 0.2) is 24.3 Å². The number of aromatic nitrogens is 2. The first kappa shape index (κ1) is 14.9. The highest BCUT2D eigenvalue weighted by Crippen LogP contribution is 2.23. The number of carbonyl (C=O) groups is 1. The first-order valence-electron chi connectivity index (χ1n) is 6.24. The fraction of sp³-hybridized carbons (Fsp3) is 0.200. The van der Waals surface area contributed by atoms with Gasteiger partial charge in [-0.3, -0.25) is 4.79 Å². The van der Waals surface area contributed by atoms with Crippen LogP contribution in [0.25, 0.3) is 0 Å². The van der Waals surface area contributed by atoms with Crippen LogP contribution in [0.2, 0.25) is 5.15 Å². The lowest BCUT2D eigenvalue weighted by Crippen LogP contribution is -2.20. The van der Waals surface area contributed by atoms with Crippen LogP contribution in [-0.4, -0.2) is 23.3 Å². The van der Waals surface area contributed by atoms with E-state index in [4.69, 9.17) is 16.9 Å². The number of nitriles is 1. The Labute approximate surface area is 127 Å². The molecule has 0 fully saturated rings. The van der Waals surface area contributed by atoms with Gasteiger partial charge in [-0.15, -0.1) is 0 Å². The standard InChI is InChI=1S/C15H13ClN4O/c1-10-18-14(16)13(9-21)15(19-10)20(2)8-12-5-3-4-11(6-12)7-17/h3-6,9H,8H2,1-2H3. The van der Waals surface area contributed by atoms with Gasteiger partial charge in [0.25, 0.3) is 0 Å². The number of rotatable bonds is 4. The average Bonchev–Trinajstić information content (AvgIpc) is 2.46. The third-order valence-corrected chi connectivity index (χ3v) is 3.23. The van der Waals surface area contributed by atoms with E-state index in [-0.39, 0.29) is 10.7 Å². The molecule has 0 bridgehead atoms. The summed E-state index contributed by atoms with van der Waals surface area (Å²) in [6.45, 7) is 2.22. The van der Waals surface area contributed by atoms with E-state index >= 15 is 0 Å². The maximum absolute atomic E-state index is 11.2. The van der Waals surface area contributed by atoms with Gasteiger partial charge in [0.1, 0.15) is 16.8 Å². The minimum Gasteiger partial charge on any atom is -0.355 e. The fourth-order valence-corrected chi connectivity index (χ4v) is 2.26. The second kappa shape index (κ2) is 6.33. The predicted octanol–water partition coefficient (Wildman–Crippen LogP) is 2.76. The molecule has 1 heterocycles. The number of aldehydes is 1. The number of benzene rings is 1. The van der Waals surface area contributed by atoms with Crippen molar-refractivity contribution in [3.63, 3.8) is 0 Å². The highest BCUT2D eigenvalue weighted by Gasteiger charge is 2.15. The van der Waals surface area contributed by atoms with Crippen molar-refractivity contribution >= 4 is 23.7 Å². The zero-order valence-electron chi connectivity index (χ0n) is 11.7. The Morgan fingerprint density at radius 3 is 2.86 bits per heavy atom. The molecular formula is C15H13ClN4O. The summed E-state index contributed by atoms with van der Waals surface area (Å²) in [5.41, 5.74) is 1.80. The lowest BCUT2D eigenvalue weighted by Gasteiger charge is -2.20. The molecule has 0 unspecified atom stereocenters.